The number of para-hydroxylation sites is 1. The molecule has 0 atom stereocenters. The first kappa shape index (κ1) is 14.5. The number of hydrogen-bond donors (Lipinski definition) is 3. The Labute approximate surface area is 119 Å². The number of methoxy groups -OCH3 is 1. The second-order valence-corrected chi connectivity index (χ2v) is 4.17. The average molecular weight is 290 g/mol. The lowest BCUT2D eigenvalue weighted by Crippen LogP contribution is -2.36. The number of benzene rings is 1. The van der Waals surface area contributed by atoms with Crippen LogP contribution in [0.4, 0.5) is 0 Å². The Hall–Kier alpha value is -2.90. The molecule has 8 heteroatoms. The van der Waals surface area contributed by atoms with Crippen molar-refractivity contribution in [1.82, 2.24) is 20.5 Å². The van der Waals surface area contributed by atoms with Gasteiger partial charge in [0.15, 0.2) is 0 Å². The molecule has 0 bridgehead atoms. The summed E-state index contributed by atoms with van der Waals surface area (Å²) in [6, 6.07) is 7.43. The van der Waals surface area contributed by atoms with E-state index in [9.17, 15) is 14.4 Å². The zero-order valence-electron chi connectivity index (χ0n) is 11.3. The molecule has 2 aromatic rings. The molecule has 110 valence electrons. The van der Waals surface area contributed by atoms with Crippen molar-refractivity contribution in [3.05, 3.63) is 56.4 Å². The number of aromatic amines is 2. The quantitative estimate of drug-likeness (QED) is 0.682. The van der Waals surface area contributed by atoms with E-state index >= 15 is 0 Å². The number of H-pyrrole nitrogens is 2. The lowest BCUT2D eigenvalue weighted by Gasteiger charge is -2.08. The molecule has 0 spiro atoms. The molecule has 0 saturated heterocycles. The number of nitrogens with zero attached hydrogens (tertiary/aromatic N) is 1. The van der Waals surface area contributed by atoms with Crippen molar-refractivity contribution < 1.29 is 9.53 Å². The molecule has 0 radical (unpaired) electrons. The van der Waals surface area contributed by atoms with Crippen molar-refractivity contribution >= 4 is 5.91 Å². The largest absolute Gasteiger partial charge is 0.496 e. The van der Waals surface area contributed by atoms with Crippen molar-refractivity contribution in [3.63, 3.8) is 0 Å². The Morgan fingerprint density at radius 3 is 2.81 bits per heavy atom. The third kappa shape index (κ3) is 3.56. The highest BCUT2D eigenvalue weighted by Gasteiger charge is 2.12. The van der Waals surface area contributed by atoms with Crippen LogP contribution in [0.25, 0.3) is 0 Å². The number of nitrogens with one attached hydrogen (secondary N) is 3. The number of hydrogen-bond acceptors (Lipinski definition) is 5. The monoisotopic (exact) mass is 290 g/mol. The van der Waals surface area contributed by atoms with E-state index in [-0.39, 0.29) is 5.69 Å². The second-order valence-electron chi connectivity index (χ2n) is 4.17. The smallest absolute Gasteiger partial charge is 0.342 e. The van der Waals surface area contributed by atoms with Gasteiger partial charge in [-0.15, -0.1) is 0 Å². The van der Waals surface area contributed by atoms with E-state index in [0.717, 1.165) is 11.3 Å². The van der Waals surface area contributed by atoms with Crippen LogP contribution in [0.5, 0.6) is 5.75 Å². The highest BCUT2D eigenvalue weighted by Crippen LogP contribution is 2.17. The summed E-state index contributed by atoms with van der Waals surface area (Å²) in [5.74, 6) is 0.0779. The van der Waals surface area contributed by atoms with E-state index in [2.05, 4.69) is 10.4 Å². The highest BCUT2D eigenvalue weighted by atomic mass is 16.5. The van der Waals surface area contributed by atoms with Gasteiger partial charge in [-0.1, -0.05) is 18.2 Å². The number of ether oxygens (including phenoxy) is 1. The zero-order valence-corrected chi connectivity index (χ0v) is 11.3. The molecule has 1 aromatic carbocycles. The average Bonchev–Trinajstić information content (AvgIpc) is 2.47. The number of amides is 1. The van der Waals surface area contributed by atoms with Crippen LogP contribution in [-0.4, -0.2) is 34.7 Å². The third-order valence-electron chi connectivity index (χ3n) is 2.80. The van der Waals surface area contributed by atoms with Gasteiger partial charge in [0, 0.05) is 6.54 Å². The number of rotatable bonds is 5. The molecule has 0 unspecified atom stereocenters. The standard InChI is InChI=1S/C13H14N4O4/c1-21-9-5-3-2-4-8(9)6-7-14-11(18)10-12(19)15-13(20)17-16-10/h2-5H,6-7H2,1H3,(H,14,18)(H2,15,17,19,20). The van der Waals surface area contributed by atoms with Gasteiger partial charge in [0.05, 0.1) is 7.11 Å². The first-order valence-electron chi connectivity index (χ1n) is 6.21. The zero-order chi connectivity index (χ0) is 15.2. The predicted octanol–water partition coefficient (Wildman–Crippen LogP) is -0.561. The van der Waals surface area contributed by atoms with Gasteiger partial charge >= 0.3 is 5.69 Å². The van der Waals surface area contributed by atoms with Gasteiger partial charge in [-0.2, -0.15) is 5.10 Å². The SMILES string of the molecule is COc1ccccc1CCNC(=O)c1n[nH]c(=O)[nH]c1=O. The van der Waals surface area contributed by atoms with Crippen LogP contribution in [0, 0.1) is 0 Å². The molecule has 0 saturated carbocycles. The summed E-state index contributed by atoms with van der Waals surface area (Å²) in [5, 5.41) is 7.99. The third-order valence-corrected chi connectivity index (χ3v) is 2.80. The fourth-order valence-corrected chi connectivity index (χ4v) is 1.81. The summed E-state index contributed by atoms with van der Waals surface area (Å²) in [6.45, 7) is 0.305. The van der Waals surface area contributed by atoms with Gasteiger partial charge in [0.1, 0.15) is 5.75 Å². The van der Waals surface area contributed by atoms with Gasteiger partial charge in [-0.3, -0.25) is 14.6 Å². The summed E-state index contributed by atoms with van der Waals surface area (Å²) < 4.78 is 5.20. The minimum absolute atomic E-state index is 0.305. The van der Waals surface area contributed by atoms with Crippen LogP contribution in [0.1, 0.15) is 16.1 Å². The van der Waals surface area contributed by atoms with Crippen molar-refractivity contribution in [1.29, 1.82) is 0 Å². The molecule has 1 amide bonds. The Bertz CT molecular complexity index is 750. The van der Waals surface area contributed by atoms with E-state index in [4.69, 9.17) is 4.74 Å². The van der Waals surface area contributed by atoms with Crippen molar-refractivity contribution in [2.45, 2.75) is 6.42 Å². The maximum atomic E-state index is 11.8. The minimum atomic E-state index is -0.825. The van der Waals surface area contributed by atoms with Crippen molar-refractivity contribution in [3.8, 4) is 5.75 Å². The van der Waals surface area contributed by atoms with E-state index < -0.39 is 17.2 Å². The minimum Gasteiger partial charge on any atom is -0.496 e. The fraction of sp³-hybridized carbons (Fsp3) is 0.231. The summed E-state index contributed by atoms with van der Waals surface area (Å²) in [4.78, 5) is 35.9. The van der Waals surface area contributed by atoms with Gasteiger partial charge in [0.25, 0.3) is 11.5 Å². The molecular formula is C13H14N4O4. The number of carbonyl (C=O) groups excluding carboxylic acids is 1. The van der Waals surface area contributed by atoms with E-state index in [1.165, 1.54) is 0 Å². The molecule has 8 nitrogen and oxygen atoms in total. The molecule has 0 aliphatic heterocycles. The van der Waals surface area contributed by atoms with Gasteiger partial charge in [-0.05, 0) is 18.1 Å². The van der Waals surface area contributed by atoms with Crippen LogP contribution < -0.4 is 21.3 Å². The Morgan fingerprint density at radius 1 is 1.33 bits per heavy atom. The van der Waals surface area contributed by atoms with Gasteiger partial charge < -0.3 is 10.1 Å². The maximum absolute atomic E-state index is 11.8. The molecule has 1 heterocycles. The second kappa shape index (κ2) is 6.51. The first-order valence-corrected chi connectivity index (χ1v) is 6.21. The molecule has 21 heavy (non-hydrogen) atoms. The van der Waals surface area contributed by atoms with E-state index in [0.29, 0.717) is 13.0 Å². The fourth-order valence-electron chi connectivity index (χ4n) is 1.81. The Kier molecular flexibility index (Phi) is 4.50. The maximum Gasteiger partial charge on any atom is 0.342 e. The molecule has 1 aromatic heterocycles. The first-order chi connectivity index (χ1) is 10.1. The lowest BCUT2D eigenvalue weighted by molar-refractivity contribution is 0.0946. The van der Waals surface area contributed by atoms with E-state index in [1.54, 1.807) is 7.11 Å². The Morgan fingerprint density at radius 2 is 2.10 bits per heavy atom. The highest BCUT2D eigenvalue weighted by molar-refractivity contribution is 5.91. The van der Waals surface area contributed by atoms with Crippen LogP contribution in [0.2, 0.25) is 0 Å². The molecule has 0 aliphatic rings. The number of aromatic nitrogens is 3. The molecule has 2 rings (SSSR count). The van der Waals surface area contributed by atoms with Crippen molar-refractivity contribution in [2.24, 2.45) is 0 Å². The van der Waals surface area contributed by atoms with Crippen LogP contribution >= 0.6 is 0 Å². The molecule has 3 N–H and O–H groups in total. The van der Waals surface area contributed by atoms with Crippen LogP contribution in [-0.2, 0) is 6.42 Å². The summed E-state index contributed by atoms with van der Waals surface area (Å²) >= 11 is 0. The summed E-state index contributed by atoms with van der Waals surface area (Å²) in [6.07, 6.45) is 0.539. The Balaban J connectivity index is 1.98. The van der Waals surface area contributed by atoms with Gasteiger partial charge in [0.2, 0.25) is 5.69 Å². The predicted molar refractivity (Wildman–Crippen MR) is 74.5 cm³/mol. The van der Waals surface area contributed by atoms with Crippen molar-refractivity contribution in [2.75, 3.05) is 13.7 Å². The molecule has 0 fully saturated rings. The van der Waals surface area contributed by atoms with Crippen LogP contribution in [0.15, 0.2) is 33.9 Å². The topological polar surface area (TPSA) is 117 Å². The van der Waals surface area contributed by atoms with Gasteiger partial charge in [-0.25, -0.2) is 9.89 Å². The van der Waals surface area contributed by atoms with E-state index in [1.807, 2.05) is 34.3 Å². The summed E-state index contributed by atoms with van der Waals surface area (Å²) in [5.41, 5.74) is -1.03. The molecule has 0 aliphatic carbocycles. The normalized spacial score (nSPS) is 10.1. The molecular weight excluding hydrogens is 276 g/mol. The number of carbonyl (C=O) groups is 1. The lowest BCUT2D eigenvalue weighted by atomic mass is 10.1. The van der Waals surface area contributed by atoms with Crippen LogP contribution in [0.3, 0.4) is 0 Å². The summed E-state index contributed by atoms with van der Waals surface area (Å²) in [7, 11) is 1.57.